The molecule has 0 aliphatic rings. The van der Waals surface area contributed by atoms with Crippen molar-refractivity contribution in [3.63, 3.8) is 0 Å². The minimum atomic E-state index is -1.37. The first-order chi connectivity index (χ1) is 12.0. The predicted octanol–water partition coefficient (Wildman–Crippen LogP) is 2.21. The average Bonchev–Trinajstić information content (AvgIpc) is 2.63. The van der Waals surface area contributed by atoms with Crippen LogP contribution in [0, 0.1) is 0 Å². The third kappa shape index (κ3) is 4.67. The first-order valence-corrected chi connectivity index (χ1v) is 7.66. The molecule has 0 aliphatic carbocycles. The van der Waals surface area contributed by atoms with Gasteiger partial charge in [0.15, 0.2) is 0 Å². The third-order valence-corrected chi connectivity index (χ3v) is 3.56. The molecule has 130 valence electrons. The molecule has 2 rings (SSSR count). The highest BCUT2D eigenvalue weighted by molar-refractivity contribution is 5.90. The number of hydrogen-bond donors (Lipinski definition) is 0. The molecule has 0 fully saturated rings. The van der Waals surface area contributed by atoms with Gasteiger partial charge in [-0.2, -0.15) is 0 Å². The van der Waals surface area contributed by atoms with E-state index in [0.717, 1.165) is 0 Å². The Bertz CT molecular complexity index is 715. The second-order valence-corrected chi connectivity index (χ2v) is 5.49. The number of carbonyl (C=O) groups excluding carboxylic acids is 3. The summed E-state index contributed by atoms with van der Waals surface area (Å²) in [4.78, 5) is 37.2. The number of hydrogen-bond acceptors (Lipinski definition) is 5. The van der Waals surface area contributed by atoms with Crippen LogP contribution in [0.4, 0.5) is 0 Å². The highest BCUT2D eigenvalue weighted by Crippen LogP contribution is 2.25. The van der Waals surface area contributed by atoms with Crippen LogP contribution in [-0.4, -0.2) is 43.6 Å². The Hall–Kier alpha value is -3.15. The van der Waals surface area contributed by atoms with Crippen molar-refractivity contribution in [3.05, 3.63) is 71.8 Å². The van der Waals surface area contributed by atoms with E-state index in [1.807, 2.05) is 0 Å². The summed E-state index contributed by atoms with van der Waals surface area (Å²) < 4.78 is 10.3. The fourth-order valence-corrected chi connectivity index (χ4v) is 2.33. The second kappa shape index (κ2) is 8.63. The van der Waals surface area contributed by atoms with Gasteiger partial charge in [-0.15, -0.1) is 0 Å². The van der Waals surface area contributed by atoms with Gasteiger partial charge in [-0.25, -0.2) is 4.79 Å². The lowest BCUT2D eigenvalue weighted by atomic mass is 9.97. The number of likely N-dealkylation sites (N-methyl/N-ethyl adjacent to an activating group) is 1. The van der Waals surface area contributed by atoms with E-state index in [1.54, 1.807) is 74.8 Å². The summed E-state index contributed by atoms with van der Waals surface area (Å²) in [5.74, 6) is -1.99. The van der Waals surface area contributed by atoms with Crippen molar-refractivity contribution in [1.29, 1.82) is 0 Å². The molecule has 2 aromatic rings. The number of rotatable bonds is 7. The summed E-state index contributed by atoms with van der Waals surface area (Å²) in [5.41, 5.74) is 0.875. The zero-order chi connectivity index (χ0) is 18.2. The van der Waals surface area contributed by atoms with Gasteiger partial charge in [-0.05, 0) is 17.7 Å². The average molecular weight is 341 g/mol. The van der Waals surface area contributed by atoms with E-state index in [2.05, 4.69) is 0 Å². The molecule has 0 radical (unpaired) electrons. The van der Waals surface area contributed by atoms with Crippen molar-refractivity contribution < 1.29 is 23.9 Å². The van der Waals surface area contributed by atoms with E-state index >= 15 is 0 Å². The van der Waals surface area contributed by atoms with Crippen LogP contribution in [0.5, 0.6) is 0 Å². The van der Waals surface area contributed by atoms with Gasteiger partial charge in [-0.3, -0.25) is 9.59 Å². The fraction of sp³-hybridized carbons (Fsp3) is 0.211. The molecule has 0 unspecified atom stereocenters. The largest absolute Gasteiger partial charge is 0.426 e. The van der Waals surface area contributed by atoms with Crippen LogP contribution >= 0.6 is 0 Å². The molecule has 0 saturated carbocycles. The maximum Gasteiger partial charge on any atom is 0.341 e. The molecule has 0 aromatic heterocycles. The Morgan fingerprint density at radius 1 is 0.960 bits per heavy atom. The summed E-state index contributed by atoms with van der Waals surface area (Å²) in [5, 5.41) is 0. The molecule has 6 heteroatoms. The Kier molecular flexibility index (Phi) is 6.28. The lowest BCUT2D eigenvalue weighted by molar-refractivity contribution is -0.163. The topological polar surface area (TPSA) is 72.9 Å². The minimum Gasteiger partial charge on any atom is -0.426 e. The zero-order valence-electron chi connectivity index (χ0n) is 14.0. The highest BCUT2D eigenvalue weighted by Gasteiger charge is 2.35. The molecule has 2 aromatic carbocycles. The number of carbonyl (C=O) groups is 3. The van der Waals surface area contributed by atoms with Crippen molar-refractivity contribution in [2.45, 2.75) is 12.2 Å². The summed E-state index contributed by atoms with van der Waals surface area (Å²) in [7, 11) is 3.16. The van der Waals surface area contributed by atoms with E-state index < -0.39 is 18.2 Å². The van der Waals surface area contributed by atoms with E-state index in [9.17, 15) is 14.4 Å². The summed E-state index contributed by atoms with van der Waals surface area (Å²) >= 11 is 0. The van der Waals surface area contributed by atoms with Crippen LogP contribution in [0.1, 0.15) is 21.8 Å². The lowest BCUT2D eigenvalue weighted by Crippen LogP contribution is -2.39. The van der Waals surface area contributed by atoms with Crippen molar-refractivity contribution >= 4 is 18.3 Å². The third-order valence-electron chi connectivity index (χ3n) is 3.56. The quantitative estimate of drug-likeness (QED) is 0.439. The number of nitrogens with zero attached hydrogens (tertiary/aromatic N) is 1. The van der Waals surface area contributed by atoms with E-state index in [0.29, 0.717) is 11.1 Å². The maximum absolute atomic E-state index is 12.6. The van der Waals surface area contributed by atoms with Crippen molar-refractivity contribution in [1.82, 2.24) is 4.90 Å². The summed E-state index contributed by atoms with van der Waals surface area (Å²) in [6.07, 6.45) is -1.37. The Labute approximate surface area is 146 Å². The van der Waals surface area contributed by atoms with Crippen molar-refractivity contribution in [2.75, 3.05) is 14.1 Å². The normalized spacial score (nSPS) is 12.6. The van der Waals surface area contributed by atoms with Crippen LogP contribution in [0.15, 0.2) is 60.7 Å². The zero-order valence-corrected chi connectivity index (χ0v) is 14.0. The Morgan fingerprint density at radius 2 is 1.52 bits per heavy atom. The summed E-state index contributed by atoms with van der Waals surface area (Å²) in [6, 6.07) is 17.0. The Balaban J connectivity index is 2.34. The van der Waals surface area contributed by atoms with Gasteiger partial charge in [0.1, 0.15) is 5.92 Å². The van der Waals surface area contributed by atoms with Gasteiger partial charge in [0.25, 0.3) is 12.8 Å². The number of benzene rings is 2. The lowest BCUT2D eigenvalue weighted by Gasteiger charge is -2.27. The standard InChI is InChI=1S/C19H19NO5/c1-20(2)17(22)16(14-9-5-3-6-10-14)19(24-13-21)25-18(23)15-11-7-4-8-12-15/h3-13,16,19H,1-2H3/t16-,19+/m0/s1. The van der Waals surface area contributed by atoms with Gasteiger partial charge in [0.05, 0.1) is 5.56 Å². The minimum absolute atomic E-state index is 0.168. The molecular formula is C19H19NO5. The van der Waals surface area contributed by atoms with Gasteiger partial charge >= 0.3 is 5.97 Å². The fourth-order valence-electron chi connectivity index (χ4n) is 2.33. The smallest absolute Gasteiger partial charge is 0.341 e. The maximum atomic E-state index is 12.6. The van der Waals surface area contributed by atoms with Crippen LogP contribution < -0.4 is 0 Å². The molecule has 0 spiro atoms. The molecule has 0 heterocycles. The van der Waals surface area contributed by atoms with E-state index in [1.165, 1.54) is 4.90 Å². The molecule has 0 aliphatic heterocycles. The highest BCUT2D eigenvalue weighted by atomic mass is 16.7. The Morgan fingerprint density at radius 3 is 2.04 bits per heavy atom. The molecule has 2 atom stereocenters. The van der Waals surface area contributed by atoms with Gasteiger partial charge in [0, 0.05) is 14.1 Å². The molecule has 0 saturated heterocycles. The molecular weight excluding hydrogens is 322 g/mol. The molecule has 6 nitrogen and oxygen atoms in total. The number of esters is 1. The predicted molar refractivity (Wildman–Crippen MR) is 90.7 cm³/mol. The first kappa shape index (κ1) is 18.2. The van der Waals surface area contributed by atoms with E-state index in [4.69, 9.17) is 9.47 Å². The van der Waals surface area contributed by atoms with Crippen LogP contribution in [0.2, 0.25) is 0 Å². The summed E-state index contributed by atoms with van der Waals surface area (Å²) in [6.45, 7) is 0.168. The van der Waals surface area contributed by atoms with Crippen molar-refractivity contribution in [3.8, 4) is 0 Å². The first-order valence-electron chi connectivity index (χ1n) is 7.66. The van der Waals surface area contributed by atoms with Crippen LogP contribution in [0.3, 0.4) is 0 Å². The molecule has 25 heavy (non-hydrogen) atoms. The monoisotopic (exact) mass is 341 g/mol. The van der Waals surface area contributed by atoms with Crippen LogP contribution in [-0.2, 0) is 19.1 Å². The SMILES string of the molecule is CN(C)C(=O)[C@H](c1ccccc1)[C@H](OC=O)OC(=O)c1ccccc1. The van der Waals surface area contributed by atoms with Crippen LogP contribution in [0.25, 0.3) is 0 Å². The molecule has 1 amide bonds. The molecule has 0 bridgehead atoms. The van der Waals surface area contributed by atoms with Gasteiger partial charge in [-0.1, -0.05) is 48.5 Å². The van der Waals surface area contributed by atoms with Gasteiger partial charge < -0.3 is 14.4 Å². The van der Waals surface area contributed by atoms with E-state index in [-0.39, 0.29) is 12.4 Å². The van der Waals surface area contributed by atoms with Gasteiger partial charge in [0.2, 0.25) is 5.91 Å². The molecule has 0 N–H and O–H groups in total. The second-order valence-electron chi connectivity index (χ2n) is 5.49. The number of ether oxygens (including phenoxy) is 2. The van der Waals surface area contributed by atoms with Crippen molar-refractivity contribution in [2.24, 2.45) is 0 Å². The number of amides is 1.